The summed E-state index contributed by atoms with van der Waals surface area (Å²) >= 11 is 0. The van der Waals surface area contributed by atoms with Crippen molar-refractivity contribution >= 4 is 23.0 Å². The van der Waals surface area contributed by atoms with Gasteiger partial charge in [0, 0.05) is 63.6 Å². The van der Waals surface area contributed by atoms with Crippen molar-refractivity contribution in [3.63, 3.8) is 0 Å². The molecule has 0 spiro atoms. The van der Waals surface area contributed by atoms with E-state index in [0.29, 0.717) is 34.7 Å². The van der Waals surface area contributed by atoms with Crippen molar-refractivity contribution in [2.75, 3.05) is 63.6 Å². The van der Waals surface area contributed by atoms with Crippen LogP contribution in [0.25, 0.3) is 22.8 Å². The average molecular weight is 570 g/mol. The van der Waals surface area contributed by atoms with Crippen LogP contribution in [0.3, 0.4) is 0 Å². The van der Waals surface area contributed by atoms with E-state index in [1.54, 1.807) is 31.6 Å². The largest absolute Gasteiger partial charge is 0.494 e. The molecule has 4 aromatic rings. The summed E-state index contributed by atoms with van der Waals surface area (Å²) in [5.74, 6) is 1.35. The third-order valence-corrected chi connectivity index (χ3v) is 8.16. The zero-order chi connectivity index (χ0) is 29.1. The van der Waals surface area contributed by atoms with E-state index in [1.807, 2.05) is 30.3 Å². The second-order valence-electron chi connectivity index (χ2n) is 10.8. The van der Waals surface area contributed by atoms with Crippen molar-refractivity contribution in [3.05, 3.63) is 71.0 Å². The van der Waals surface area contributed by atoms with Crippen molar-refractivity contribution in [1.82, 2.24) is 29.7 Å². The number of anilines is 3. The number of H-pyrrole nitrogens is 1. The maximum atomic E-state index is 12.2. The van der Waals surface area contributed by atoms with Crippen LogP contribution in [0.15, 0.2) is 60.9 Å². The van der Waals surface area contributed by atoms with Gasteiger partial charge >= 0.3 is 0 Å². The van der Waals surface area contributed by atoms with Gasteiger partial charge in [0.25, 0.3) is 5.69 Å². The number of nitrogens with zero attached hydrogens (tertiary/aromatic N) is 7. The minimum absolute atomic E-state index is 0.0195. The molecule has 0 unspecified atom stereocenters. The molecule has 2 aromatic carbocycles. The number of hydrogen-bond acceptors (Lipinski definition) is 10. The molecule has 2 N–H and O–H groups in total. The van der Waals surface area contributed by atoms with Crippen molar-refractivity contribution in [2.45, 2.75) is 18.9 Å². The average Bonchev–Trinajstić information content (AvgIpc) is 3.53. The monoisotopic (exact) mass is 569 g/mol. The topological polar surface area (TPSA) is 129 Å². The molecule has 2 aliphatic rings. The number of imidazole rings is 1. The van der Waals surface area contributed by atoms with Crippen LogP contribution in [-0.4, -0.2) is 94.1 Å². The summed E-state index contributed by atoms with van der Waals surface area (Å²) in [6, 6.07) is 15.4. The number of hydrogen-bond donors (Lipinski definition) is 2. The summed E-state index contributed by atoms with van der Waals surface area (Å²) in [5, 5.41) is 15.4. The summed E-state index contributed by atoms with van der Waals surface area (Å²) in [7, 11) is 3.72. The minimum atomic E-state index is -0.336. The molecule has 42 heavy (non-hydrogen) atoms. The number of nitrogens with one attached hydrogen (secondary N) is 2. The Labute approximate surface area is 244 Å². The highest BCUT2D eigenvalue weighted by Crippen LogP contribution is 2.40. The van der Waals surface area contributed by atoms with Gasteiger partial charge in [-0.05, 0) is 31.5 Å². The fourth-order valence-corrected chi connectivity index (χ4v) is 5.77. The second kappa shape index (κ2) is 12.1. The quantitative estimate of drug-likeness (QED) is 0.233. The van der Waals surface area contributed by atoms with E-state index in [0.717, 1.165) is 63.4 Å². The number of likely N-dealkylation sites (N-methyl/N-ethyl adjacent to an activating group) is 1. The molecular weight excluding hydrogens is 534 g/mol. The standard InChI is InChI=1S/C30H35N9O3/c1-36-14-16-37(17-15-36)22-9-12-38(13-10-22)26-19-28(42-2)24(18-27(26)39(40)41)35-30-31-11-8-23(34-30)29-32-20-25(33-29)21-6-4-3-5-7-21/h3-8,11,18-20,22H,9-10,12-17H2,1-2H3,(H,32,33)(H,31,34,35). The maximum Gasteiger partial charge on any atom is 0.294 e. The van der Waals surface area contributed by atoms with Gasteiger partial charge in [-0.2, -0.15) is 0 Å². The fraction of sp³-hybridized carbons (Fsp3) is 0.367. The molecule has 0 radical (unpaired) electrons. The van der Waals surface area contributed by atoms with E-state index in [-0.39, 0.29) is 16.6 Å². The molecule has 218 valence electrons. The molecule has 0 aliphatic carbocycles. The zero-order valence-electron chi connectivity index (χ0n) is 23.9. The van der Waals surface area contributed by atoms with E-state index in [1.165, 1.54) is 6.07 Å². The van der Waals surface area contributed by atoms with Crippen molar-refractivity contribution in [1.29, 1.82) is 0 Å². The summed E-state index contributed by atoms with van der Waals surface area (Å²) in [5.41, 5.74) is 3.48. The normalized spacial score (nSPS) is 16.9. The van der Waals surface area contributed by atoms with Crippen LogP contribution in [0.1, 0.15) is 12.8 Å². The summed E-state index contributed by atoms with van der Waals surface area (Å²) in [4.78, 5) is 35.6. The van der Waals surface area contributed by atoms with Gasteiger partial charge in [-0.3, -0.25) is 15.0 Å². The number of aromatic nitrogens is 4. The Morgan fingerprint density at radius 3 is 2.50 bits per heavy atom. The predicted octanol–water partition coefficient (Wildman–Crippen LogP) is 4.41. The van der Waals surface area contributed by atoms with Crippen LogP contribution < -0.4 is 15.0 Å². The first-order chi connectivity index (χ1) is 20.5. The first-order valence-corrected chi connectivity index (χ1v) is 14.2. The van der Waals surface area contributed by atoms with Crippen molar-refractivity contribution < 1.29 is 9.66 Å². The number of ether oxygens (including phenoxy) is 1. The number of rotatable bonds is 8. The van der Waals surface area contributed by atoms with Gasteiger partial charge in [0.2, 0.25) is 5.95 Å². The maximum absolute atomic E-state index is 12.2. The Bertz CT molecular complexity index is 1530. The molecule has 2 fully saturated rings. The van der Waals surface area contributed by atoms with E-state index < -0.39 is 0 Å². The molecule has 0 amide bonds. The van der Waals surface area contributed by atoms with Crippen LogP contribution in [0.5, 0.6) is 5.75 Å². The predicted molar refractivity (Wildman–Crippen MR) is 162 cm³/mol. The number of nitro benzene ring substituents is 1. The number of nitro groups is 1. The van der Waals surface area contributed by atoms with Gasteiger partial charge in [0.1, 0.15) is 17.1 Å². The smallest absolute Gasteiger partial charge is 0.294 e. The lowest BCUT2D eigenvalue weighted by atomic mass is 10.0. The van der Waals surface area contributed by atoms with Crippen LogP contribution in [0.4, 0.5) is 23.0 Å². The molecule has 2 saturated heterocycles. The first kappa shape index (κ1) is 27.6. The van der Waals surface area contributed by atoms with Crippen LogP contribution in [0.2, 0.25) is 0 Å². The van der Waals surface area contributed by atoms with E-state index in [4.69, 9.17) is 4.74 Å². The number of piperazine rings is 1. The Morgan fingerprint density at radius 2 is 1.79 bits per heavy atom. The molecule has 12 nitrogen and oxygen atoms in total. The van der Waals surface area contributed by atoms with Crippen LogP contribution >= 0.6 is 0 Å². The van der Waals surface area contributed by atoms with Gasteiger partial charge < -0.3 is 24.8 Å². The van der Waals surface area contributed by atoms with E-state index >= 15 is 0 Å². The molecule has 6 rings (SSSR count). The third-order valence-electron chi connectivity index (χ3n) is 8.16. The summed E-state index contributed by atoms with van der Waals surface area (Å²) in [6.45, 7) is 5.83. The minimum Gasteiger partial charge on any atom is -0.494 e. The van der Waals surface area contributed by atoms with Crippen molar-refractivity contribution in [3.8, 4) is 28.5 Å². The molecule has 2 aliphatic heterocycles. The zero-order valence-corrected chi connectivity index (χ0v) is 23.9. The Hall–Kier alpha value is -4.55. The lowest BCUT2D eigenvalue weighted by Crippen LogP contribution is -2.52. The summed E-state index contributed by atoms with van der Waals surface area (Å²) in [6.07, 6.45) is 5.33. The van der Waals surface area contributed by atoms with Crippen LogP contribution in [-0.2, 0) is 0 Å². The lowest BCUT2D eigenvalue weighted by molar-refractivity contribution is -0.384. The molecule has 0 saturated carbocycles. The van der Waals surface area contributed by atoms with Crippen LogP contribution in [0, 0.1) is 10.1 Å². The number of benzene rings is 2. The van der Waals surface area contributed by atoms with E-state index in [2.05, 4.69) is 47.0 Å². The first-order valence-electron chi connectivity index (χ1n) is 14.2. The highest BCUT2D eigenvalue weighted by atomic mass is 16.6. The van der Waals surface area contributed by atoms with Crippen molar-refractivity contribution in [2.24, 2.45) is 0 Å². The molecule has 4 heterocycles. The highest BCUT2D eigenvalue weighted by Gasteiger charge is 2.30. The second-order valence-corrected chi connectivity index (χ2v) is 10.8. The van der Waals surface area contributed by atoms with Gasteiger partial charge in [-0.25, -0.2) is 15.0 Å². The Kier molecular flexibility index (Phi) is 7.97. The molecule has 0 atom stereocenters. The number of piperidine rings is 1. The Balaban J connectivity index is 1.20. The summed E-state index contributed by atoms with van der Waals surface area (Å²) < 4.78 is 5.68. The Morgan fingerprint density at radius 1 is 1.02 bits per heavy atom. The SMILES string of the molecule is COc1cc(N2CCC(N3CCN(C)CC3)CC2)c([N+](=O)[O-])cc1Nc1nccc(-c2ncc(-c3ccccc3)[nH]2)n1. The van der Waals surface area contributed by atoms with Gasteiger partial charge in [-0.15, -0.1) is 0 Å². The molecule has 12 heteroatoms. The molecule has 0 bridgehead atoms. The molecule has 2 aromatic heterocycles. The van der Waals surface area contributed by atoms with Gasteiger partial charge in [0.05, 0.1) is 29.6 Å². The number of aromatic amines is 1. The third kappa shape index (κ3) is 5.90. The molecular formula is C30H35N9O3. The highest BCUT2D eigenvalue weighted by molar-refractivity contribution is 5.77. The van der Waals surface area contributed by atoms with Gasteiger partial charge in [-0.1, -0.05) is 30.3 Å². The number of methoxy groups -OCH3 is 1. The fourth-order valence-electron chi connectivity index (χ4n) is 5.77. The van der Waals surface area contributed by atoms with Gasteiger partial charge in [0.15, 0.2) is 5.82 Å². The van der Waals surface area contributed by atoms with E-state index in [9.17, 15) is 10.1 Å². The lowest BCUT2D eigenvalue weighted by Gasteiger charge is -2.42.